The monoisotopic (exact) mass is 347 g/mol. The average Bonchev–Trinajstić information content (AvgIpc) is 3.01. The summed E-state index contributed by atoms with van der Waals surface area (Å²) in [7, 11) is 3.31. The van der Waals surface area contributed by atoms with Crippen LogP contribution in [0.1, 0.15) is 23.8 Å². The SMILES string of the molecule is CN=C(NCc1ncccc1F)NC1CCc2nc(COC)nn2C1. The van der Waals surface area contributed by atoms with Crippen molar-refractivity contribution in [3.05, 3.63) is 41.5 Å². The largest absolute Gasteiger partial charge is 0.377 e. The summed E-state index contributed by atoms with van der Waals surface area (Å²) in [5, 5.41) is 10.9. The van der Waals surface area contributed by atoms with Crippen molar-refractivity contribution in [3.63, 3.8) is 0 Å². The van der Waals surface area contributed by atoms with Crippen molar-refractivity contribution in [1.29, 1.82) is 0 Å². The van der Waals surface area contributed by atoms with Crippen LogP contribution < -0.4 is 10.6 Å². The Hall–Kier alpha value is -2.55. The third-order valence-corrected chi connectivity index (χ3v) is 4.00. The first-order valence-electron chi connectivity index (χ1n) is 8.17. The molecule has 0 aliphatic carbocycles. The molecule has 134 valence electrons. The van der Waals surface area contributed by atoms with E-state index in [1.54, 1.807) is 26.4 Å². The zero-order chi connectivity index (χ0) is 17.6. The lowest BCUT2D eigenvalue weighted by Gasteiger charge is -2.25. The van der Waals surface area contributed by atoms with E-state index in [0.29, 0.717) is 30.6 Å². The van der Waals surface area contributed by atoms with Gasteiger partial charge in [0.15, 0.2) is 11.8 Å². The van der Waals surface area contributed by atoms with E-state index >= 15 is 0 Å². The molecular weight excluding hydrogens is 325 g/mol. The second-order valence-corrected chi connectivity index (χ2v) is 5.80. The minimum atomic E-state index is -0.332. The van der Waals surface area contributed by atoms with Crippen molar-refractivity contribution in [2.45, 2.75) is 38.6 Å². The third kappa shape index (κ3) is 4.30. The number of nitrogens with one attached hydrogen (secondary N) is 2. The number of aromatic nitrogens is 4. The standard InChI is InChI=1S/C16H22FN7O/c1-18-16(20-8-13-12(17)4-3-7-19-13)21-11-5-6-15-22-14(10-25-2)23-24(15)9-11/h3-4,7,11H,5-6,8-10H2,1-2H3,(H2,18,20,21). The Morgan fingerprint density at radius 3 is 3.16 bits per heavy atom. The molecule has 25 heavy (non-hydrogen) atoms. The van der Waals surface area contributed by atoms with E-state index in [9.17, 15) is 4.39 Å². The average molecular weight is 347 g/mol. The van der Waals surface area contributed by atoms with Crippen LogP contribution in [0, 0.1) is 5.82 Å². The van der Waals surface area contributed by atoms with Gasteiger partial charge in [-0.1, -0.05) is 0 Å². The molecule has 0 bridgehead atoms. The summed E-state index contributed by atoms with van der Waals surface area (Å²) in [4.78, 5) is 12.7. The Bertz CT molecular complexity index is 746. The van der Waals surface area contributed by atoms with E-state index in [1.165, 1.54) is 6.07 Å². The van der Waals surface area contributed by atoms with Crippen molar-refractivity contribution < 1.29 is 9.13 Å². The van der Waals surface area contributed by atoms with Crippen LogP contribution in [0.3, 0.4) is 0 Å². The van der Waals surface area contributed by atoms with Crippen molar-refractivity contribution in [2.75, 3.05) is 14.2 Å². The molecule has 0 amide bonds. The first-order chi connectivity index (χ1) is 12.2. The molecule has 0 saturated heterocycles. The lowest BCUT2D eigenvalue weighted by molar-refractivity contribution is 0.177. The molecule has 3 rings (SSSR count). The van der Waals surface area contributed by atoms with Gasteiger partial charge in [0.2, 0.25) is 0 Å². The number of ether oxygens (including phenoxy) is 1. The fourth-order valence-electron chi connectivity index (χ4n) is 2.77. The topological polar surface area (TPSA) is 89.2 Å². The number of nitrogens with zero attached hydrogens (tertiary/aromatic N) is 5. The van der Waals surface area contributed by atoms with Gasteiger partial charge < -0.3 is 15.4 Å². The maximum absolute atomic E-state index is 13.6. The molecule has 0 radical (unpaired) electrons. The van der Waals surface area contributed by atoms with Crippen LogP contribution in [0.2, 0.25) is 0 Å². The molecule has 1 atom stereocenters. The first-order valence-corrected chi connectivity index (χ1v) is 8.17. The molecule has 2 aromatic heterocycles. The van der Waals surface area contributed by atoms with Crippen molar-refractivity contribution in [2.24, 2.45) is 4.99 Å². The van der Waals surface area contributed by atoms with Crippen LogP contribution in [0.15, 0.2) is 23.3 Å². The summed E-state index contributed by atoms with van der Waals surface area (Å²) >= 11 is 0. The summed E-state index contributed by atoms with van der Waals surface area (Å²) in [5.41, 5.74) is 0.358. The first kappa shape index (κ1) is 17.3. The number of guanidine groups is 1. The Kier molecular flexibility index (Phi) is 5.54. The molecule has 0 saturated carbocycles. The molecular formula is C16H22FN7O. The van der Waals surface area contributed by atoms with Crippen LogP contribution in [-0.2, 0) is 30.9 Å². The number of hydrogen-bond donors (Lipinski definition) is 2. The Morgan fingerprint density at radius 2 is 2.40 bits per heavy atom. The highest BCUT2D eigenvalue weighted by molar-refractivity contribution is 5.79. The predicted molar refractivity (Wildman–Crippen MR) is 90.4 cm³/mol. The fraction of sp³-hybridized carbons (Fsp3) is 0.500. The van der Waals surface area contributed by atoms with Gasteiger partial charge >= 0.3 is 0 Å². The van der Waals surface area contributed by atoms with Crippen LogP contribution >= 0.6 is 0 Å². The molecule has 9 heteroatoms. The molecule has 2 N–H and O–H groups in total. The fourth-order valence-corrected chi connectivity index (χ4v) is 2.77. The quantitative estimate of drug-likeness (QED) is 0.609. The van der Waals surface area contributed by atoms with Crippen molar-refractivity contribution in [1.82, 2.24) is 30.4 Å². The molecule has 1 aliphatic rings. The second-order valence-electron chi connectivity index (χ2n) is 5.80. The normalized spacial score (nSPS) is 17.2. The van der Waals surface area contributed by atoms with Gasteiger partial charge in [-0.05, 0) is 18.6 Å². The summed E-state index contributed by atoms with van der Waals surface area (Å²) in [5.74, 6) is 1.95. The smallest absolute Gasteiger partial charge is 0.191 e. The third-order valence-electron chi connectivity index (χ3n) is 4.00. The number of aryl methyl sites for hydroxylation is 1. The number of rotatable bonds is 5. The van der Waals surface area contributed by atoms with Crippen molar-refractivity contribution in [3.8, 4) is 0 Å². The summed E-state index contributed by atoms with van der Waals surface area (Å²) in [6.45, 7) is 1.38. The van der Waals surface area contributed by atoms with E-state index in [4.69, 9.17) is 4.74 Å². The summed E-state index contributed by atoms with van der Waals surface area (Å²) < 4.78 is 20.6. The minimum absolute atomic E-state index is 0.171. The predicted octanol–water partition coefficient (Wildman–Crippen LogP) is 0.639. The zero-order valence-electron chi connectivity index (χ0n) is 14.4. The molecule has 3 heterocycles. The van der Waals surface area contributed by atoms with Gasteiger partial charge in [0.25, 0.3) is 0 Å². The molecule has 0 fully saturated rings. The van der Waals surface area contributed by atoms with Crippen LogP contribution in [0.5, 0.6) is 0 Å². The van der Waals surface area contributed by atoms with Gasteiger partial charge in [-0.2, -0.15) is 5.10 Å². The van der Waals surface area contributed by atoms with E-state index in [1.807, 2.05) is 4.68 Å². The number of aliphatic imine (C=N–C) groups is 1. The number of halogens is 1. The summed E-state index contributed by atoms with van der Waals surface area (Å²) in [6, 6.07) is 3.14. The van der Waals surface area contributed by atoms with Crippen LogP contribution in [-0.4, -0.2) is 45.9 Å². The number of methoxy groups -OCH3 is 1. The highest BCUT2D eigenvalue weighted by Crippen LogP contribution is 2.13. The van der Waals surface area contributed by atoms with Gasteiger partial charge in [0.1, 0.15) is 18.2 Å². The lowest BCUT2D eigenvalue weighted by Crippen LogP contribution is -2.47. The Morgan fingerprint density at radius 1 is 1.52 bits per heavy atom. The van der Waals surface area contributed by atoms with Gasteiger partial charge in [-0.25, -0.2) is 14.1 Å². The molecule has 1 aliphatic heterocycles. The van der Waals surface area contributed by atoms with E-state index in [0.717, 1.165) is 18.7 Å². The maximum atomic E-state index is 13.6. The lowest BCUT2D eigenvalue weighted by atomic mass is 10.1. The maximum Gasteiger partial charge on any atom is 0.191 e. The Balaban J connectivity index is 1.56. The van der Waals surface area contributed by atoms with Gasteiger partial charge in [-0.15, -0.1) is 0 Å². The minimum Gasteiger partial charge on any atom is -0.377 e. The molecule has 0 spiro atoms. The van der Waals surface area contributed by atoms with E-state index < -0.39 is 0 Å². The highest BCUT2D eigenvalue weighted by Gasteiger charge is 2.22. The Labute approximate surface area is 145 Å². The van der Waals surface area contributed by atoms with Gasteiger partial charge in [0, 0.05) is 32.8 Å². The molecule has 2 aromatic rings. The second kappa shape index (κ2) is 8.02. The molecule has 1 unspecified atom stereocenters. The number of fused-ring (bicyclic) bond motifs is 1. The van der Waals surface area contributed by atoms with E-state index in [2.05, 4.69) is 30.7 Å². The van der Waals surface area contributed by atoms with Gasteiger partial charge in [0.05, 0.1) is 18.8 Å². The number of hydrogen-bond acceptors (Lipinski definition) is 5. The molecule has 8 nitrogen and oxygen atoms in total. The summed E-state index contributed by atoms with van der Waals surface area (Å²) in [6.07, 6.45) is 3.32. The zero-order valence-corrected chi connectivity index (χ0v) is 14.4. The number of pyridine rings is 1. The highest BCUT2D eigenvalue weighted by atomic mass is 19.1. The van der Waals surface area contributed by atoms with Gasteiger partial charge in [-0.3, -0.25) is 9.98 Å². The molecule has 0 aromatic carbocycles. The van der Waals surface area contributed by atoms with Crippen LogP contribution in [0.25, 0.3) is 0 Å². The van der Waals surface area contributed by atoms with Crippen molar-refractivity contribution >= 4 is 5.96 Å². The van der Waals surface area contributed by atoms with Crippen LogP contribution in [0.4, 0.5) is 4.39 Å². The van der Waals surface area contributed by atoms with E-state index in [-0.39, 0.29) is 18.4 Å².